The molecule has 6 aliphatic rings. The van der Waals surface area contributed by atoms with Gasteiger partial charge in [-0.3, -0.25) is 9.59 Å². The quantitative estimate of drug-likeness (QED) is 0.145. The van der Waals surface area contributed by atoms with E-state index >= 15 is 0 Å². The Labute approximate surface area is 332 Å². The standard InChI is InChI=1S/C45H66O11/c1-25(2)26(3)41(5)18-19-43(7)29-14-15-33-42(6)23-52-24-45(33,30(29)16-17-44(43,8)37(41)39(51)53-22-28-12-10-9-11-13-28)20-31(54-27(4)47)38(42)56-40-36(50)35(49)34(48)32(21-46)55-40/h9-13,16,25-26,29,31-38,40,46,48-50H,14-15,17-24H2,1-8H3/t26-,29+,31-,32?,33+,34-,35+,36?,37-,38+,40+,41-,42?,43-,44+,45+/m1/s1. The number of rotatable bonds is 9. The third-order valence-electron chi connectivity index (χ3n) is 16.7. The van der Waals surface area contributed by atoms with Gasteiger partial charge in [0.05, 0.1) is 25.7 Å². The Balaban J connectivity index is 1.26. The molecule has 4 aliphatic carbocycles. The highest BCUT2D eigenvalue weighted by Gasteiger charge is 2.72. The molecule has 0 radical (unpaired) electrons. The maximum atomic E-state index is 14.8. The van der Waals surface area contributed by atoms with Crippen LogP contribution < -0.4 is 0 Å². The van der Waals surface area contributed by atoms with Crippen molar-refractivity contribution in [3.63, 3.8) is 0 Å². The first-order valence-electron chi connectivity index (χ1n) is 21.0. The molecule has 2 heterocycles. The smallest absolute Gasteiger partial charge is 0.310 e. The molecule has 11 heteroatoms. The second kappa shape index (κ2) is 15.0. The molecule has 3 unspecified atom stereocenters. The SMILES string of the molecule is CC(=O)O[C@@H]1C[C@@]23COCC(C)([C@H]1O[C@@H]1OC(CO)[C@@H](O)[C@H](O)C1O)[C@@H]2CC[C@H]1C3=CC[C@@]2(C)[C@H](C(=O)OCc3ccccc3)[C@@](C)([C@H](C)C(C)C)CC[C@]12C. The number of aliphatic hydroxyl groups excluding tert-OH is 4. The van der Waals surface area contributed by atoms with Crippen molar-refractivity contribution in [3.05, 3.63) is 47.5 Å². The molecule has 3 saturated carbocycles. The first-order valence-corrected chi connectivity index (χ1v) is 21.0. The first-order chi connectivity index (χ1) is 26.4. The summed E-state index contributed by atoms with van der Waals surface area (Å²) in [5.41, 5.74) is 0.240. The van der Waals surface area contributed by atoms with Crippen LogP contribution in [-0.4, -0.2) is 95.1 Å². The van der Waals surface area contributed by atoms with Gasteiger partial charge in [-0.1, -0.05) is 90.4 Å². The van der Waals surface area contributed by atoms with Crippen molar-refractivity contribution in [1.82, 2.24) is 0 Å². The van der Waals surface area contributed by atoms with E-state index in [1.807, 2.05) is 30.3 Å². The van der Waals surface area contributed by atoms with Crippen molar-refractivity contribution >= 4 is 11.9 Å². The summed E-state index contributed by atoms with van der Waals surface area (Å²) in [7, 11) is 0. The molecule has 4 N–H and O–H groups in total. The summed E-state index contributed by atoms with van der Waals surface area (Å²) in [5, 5.41) is 42.0. The molecule has 7 rings (SSSR count). The molecule has 1 aromatic rings. The molecule has 11 nitrogen and oxygen atoms in total. The van der Waals surface area contributed by atoms with E-state index in [1.165, 1.54) is 12.5 Å². The molecule has 1 aromatic carbocycles. The van der Waals surface area contributed by atoms with E-state index in [0.717, 1.165) is 31.2 Å². The van der Waals surface area contributed by atoms with Crippen LogP contribution in [0, 0.1) is 56.7 Å². The van der Waals surface area contributed by atoms with Crippen LogP contribution in [0.3, 0.4) is 0 Å². The van der Waals surface area contributed by atoms with Crippen LogP contribution in [0.5, 0.6) is 0 Å². The fourth-order valence-corrected chi connectivity index (χ4v) is 13.2. The molecular weight excluding hydrogens is 716 g/mol. The van der Waals surface area contributed by atoms with Gasteiger partial charge in [0.25, 0.3) is 0 Å². The maximum absolute atomic E-state index is 14.8. The summed E-state index contributed by atoms with van der Waals surface area (Å²) in [6.07, 6.45) is -1.54. The number of carbonyl (C=O) groups is 2. The predicted molar refractivity (Wildman–Crippen MR) is 206 cm³/mol. The van der Waals surface area contributed by atoms with Crippen LogP contribution >= 0.6 is 0 Å². The average Bonchev–Trinajstić information content (AvgIpc) is 3.15. The molecule has 0 spiro atoms. The first kappa shape index (κ1) is 41.8. The molecule has 16 atom stereocenters. The van der Waals surface area contributed by atoms with Gasteiger partial charge < -0.3 is 44.1 Å². The number of aliphatic hydroxyl groups is 4. The van der Waals surface area contributed by atoms with Crippen molar-refractivity contribution < 1.29 is 53.7 Å². The van der Waals surface area contributed by atoms with Gasteiger partial charge in [-0.05, 0) is 84.0 Å². The minimum Gasteiger partial charge on any atom is -0.461 e. The summed E-state index contributed by atoms with van der Waals surface area (Å²) in [6.45, 7) is 17.9. The predicted octanol–water partition coefficient (Wildman–Crippen LogP) is 5.35. The highest BCUT2D eigenvalue weighted by molar-refractivity contribution is 5.75. The van der Waals surface area contributed by atoms with Crippen molar-refractivity contribution in [2.75, 3.05) is 19.8 Å². The van der Waals surface area contributed by atoms with Gasteiger partial charge >= 0.3 is 11.9 Å². The normalized spacial score (nSPS) is 46.4. The lowest BCUT2D eigenvalue weighted by Gasteiger charge is -2.71. The number of esters is 2. The lowest BCUT2D eigenvalue weighted by molar-refractivity contribution is -0.349. The van der Waals surface area contributed by atoms with Crippen LogP contribution in [0.15, 0.2) is 42.0 Å². The van der Waals surface area contributed by atoms with Crippen molar-refractivity contribution in [1.29, 1.82) is 0 Å². The molecule has 2 bridgehead atoms. The Hall–Kier alpha value is -2.38. The number of carbonyl (C=O) groups excluding carboxylic acids is 2. The molecule has 56 heavy (non-hydrogen) atoms. The van der Waals surface area contributed by atoms with Crippen LogP contribution in [0.1, 0.15) is 99.5 Å². The third-order valence-corrected chi connectivity index (χ3v) is 16.7. The van der Waals surface area contributed by atoms with Gasteiger partial charge in [0, 0.05) is 17.8 Å². The lowest BCUT2D eigenvalue weighted by atomic mass is 9.34. The zero-order valence-electron chi connectivity index (χ0n) is 34.6. The summed E-state index contributed by atoms with van der Waals surface area (Å²) in [4.78, 5) is 27.6. The molecular formula is C45H66O11. The number of allylic oxidation sites excluding steroid dienone is 1. The zero-order valence-corrected chi connectivity index (χ0v) is 34.6. The van der Waals surface area contributed by atoms with Crippen molar-refractivity contribution in [2.24, 2.45) is 56.7 Å². The second-order valence-corrected chi connectivity index (χ2v) is 19.7. The Kier molecular flexibility index (Phi) is 11.2. The van der Waals surface area contributed by atoms with Crippen LogP contribution in [0.2, 0.25) is 0 Å². The highest BCUT2D eigenvalue weighted by atomic mass is 16.7. The third kappa shape index (κ3) is 6.32. The Bertz CT molecular complexity index is 1650. The molecule has 2 saturated heterocycles. The summed E-state index contributed by atoms with van der Waals surface area (Å²) in [6, 6.07) is 9.90. The molecule has 2 aliphatic heterocycles. The fraction of sp³-hybridized carbons (Fsp3) is 0.778. The van der Waals surface area contributed by atoms with E-state index in [2.05, 4.69) is 54.5 Å². The highest BCUT2D eigenvalue weighted by Crippen LogP contribution is 2.75. The number of ether oxygens (including phenoxy) is 5. The fourth-order valence-electron chi connectivity index (χ4n) is 13.2. The molecule has 0 aromatic heterocycles. The lowest BCUT2D eigenvalue weighted by Crippen LogP contribution is -2.71. The van der Waals surface area contributed by atoms with E-state index < -0.39 is 71.7 Å². The van der Waals surface area contributed by atoms with Gasteiger partial charge in [-0.15, -0.1) is 0 Å². The Morgan fingerprint density at radius 1 is 0.929 bits per heavy atom. The molecule has 312 valence electrons. The van der Waals surface area contributed by atoms with Gasteiger partial charge in [0.1, 0.15) is 43.2 Å². The zero-order chi connectivity index (χ0) is 40.6. The van der Waals surface area contributed by atoms with Gasteiger partial charge in [0.2, 0.25) is 0 Å². The monoisotopic (exact) mass is 782 g/mol. The number of fused-ring (bicyclic) bond motifs is 3. The number of benzene rings is 1. The topological polar surface area (TPSA) is 161 Å². The summed E-state index contributed by atoms with van der Waals surface area (Å²) < 4.78 is 31.4. The number of hydrogen-bond acceptors (Lipinski definition) is 11. The Morgan fingerprint density at radius 2 is 1.64 bits per heavy atom. The van der Waals surface area contributed by atoms with Gasteiger partial charge in [-0.25, -0.2) is 0 Å². The van der Waals surface area contributed by atoms with Crippen molar-refractivity contribution in [2.45, 2.75) is 143 Å². The number of hydrogen-bond donors (Lipinski definition) is 4. The minimum absolute atomic E-state index is 0.0716. The molecule has 5 fully saturated rings. The van der Waals surface area contributed by atoms with Crippen LogP contribution in [0.4, 0.5) is 0 Å². The van der Waals surface area contributed by atoms with Crippen molar-refractivity contribution in [3.8, 4) is 0 Å². The average molecular weight is 783 g/mol. The van der Waals surface area contributed by atoms with Crippen LogP contribution in [0.25, 0.3) is 0 Å². The van der Waals surface area contributed by atoms with Gasteiger partial charge in [-0.2, -0.15) is 0 Å². The van der Waals surface area contributed by atoms with Gasteiger partial charge in [0.15, 0.2) is 6.29 Å². The summed E-state index contributed by atoms with van der Waals surface area (Å²) >= 11 is 0. The van der Waals surface area contributed by atoms with E-state index in [1.54, 1.807) is 0 Å². The van der Waals surface area contributed by atoms with Crippen LogP contribution in [-0.2, 0) is 39.9 Å². The maximum Gasteiger partial charge on any atom is 0.310 e. The second-order valence-electron chi connectivity index (χ2n) is 19.7. The summed E-state index contributed by atoms with van der Waals surface area (Å²) in [5.74, 6) is 0.00506. The minimum atomic E-state index is -1.60. The van der Waals surface area contributed by atoms with E-state index in [4.69, 9.17) is 23.7 Å². The Morgan fingerprint density at radius 3 is 2.30 bits per heavy atom. The molecule has 0 amide bonds. The van der Waals surface area contributed by atoms with E-state index in [-0.39, 0.29) is 47.1 Å². The van der Waals surface area contributed by atoms with E-state index in [0.29, 0.717) is 32.0 Å². The van der Waals surface area contributed by atoms with E-state index in [9.17, 15) is 30.0 Å². The largest absolute Gasteiger partial charge is 0.461 e.